The van der Waals surface area contributed by atoms with Gasteiger partial charge in [-0.1, -0.05) is 6.07 Å². The molecule has 36 heavy (non-hydrogen) atoms. The van der Waals surface area contributed by atoms with Gasteiger partial charge in [0.25, 0.3) is 0 Å². The van der Waals surface area contributed by atoms with E-state index >= 15 is 0 Å². The van der Waals surface area contributed by atoms with Crippen LogP contribution >= 0.6 is 0 Å². The molecule has 0 spiro atoms. The largest absolute Gasteiger partial charge is 0.446 e. The number of anilines is 2. The van der Waals surface area contributed by atoms with E-state index in [0.717, 1.165) is 24.1 Å². The molecule has 1 aromatic carbocycles. The van der Waals surface area contributed by atoms with Crippen LogP contribution in [0.2, 0.25) is 0 Å². The van der Waals surface area contributed by atoms with Gasteiger partial charge in [-0.15, -0.1) is 0 Å². The van der Waals surface area contributed by atoms with Crippen LogP contribution in [0.4, 0.5) is 16.2 Å². The first kappa shape index (κ1) is 26.8. The summed E-state index contributed by atoms with van der Waals surface area (Å²) < 4.78 is 31.1. The SMILES string of the molecule is CC(C)OC(=O)N1C[C@H](C)N(C(=O)C2CC2)c2ccc(C(CN)CNCCN3CCCS3(=O)=O)cc21. The number of benzene rings is 1. The normalized spacial score (nSPS) is 22.5. The molecule has 2 amide bonds. The summed E-state index contributed by atoms with van der Waals surface area (Å²) in [5.74, 6) is 0.361. The van der Waals surface area contributed by atoms with Crippen molar-refractivity contribution in [2.24, 2.45) is 11.7 Å². The zero-order valence-corrected chi connectivity index (χ0v) is 22.3. The molecule has 3 N–H and O–H groups in total. The third kappa shape index (κ3) is 5.85. The van der Waals surface area contributed by atoms with Crippen molar-refractivity contribution in [3.8, 4) is 0 Å². The maximum absolute atomic E-state index is 13.1. The van der Waals surface area contributed by atoms with Gasteiger partial charge in [-0.25, -0.2) is 17.5 Å². The Kier molecular flexibility index (Phi) is 8.23. The Labute approximate surface area is 214 Å². The molecule has 0 radical (unpaired) electrons. The van der Waals surface area contributed by atoms with E-state index < -0.39 is 16.1 Å². The smallest absolute Gasteiger partial charge is 0.414 e. The predicted octanol–water partition coefficient (Wildman–Crippen LogP) is 1.85. The Balaban J connectivity index is 1.52. The van der Waals surface area contributed by atoms with Crippen molar-refractivity contribution in [1.82, 2.24) is 9.62 Å². The second-order valence-corrected chi connectivity index (χ2v) is 12.4. The Morgan fingerprint density at radius 1 is 1.22 bits per heavy atom. The van der Waals surface area contributed by atoms with Crippen LogP contribution in [-0.4, -0.2) is 81.9 Å². The number of carbonyl (C=O) groups excluding carboxylic acids is 2. The lowest BCUT2D eigenvalue weighted by Gasteiger charge is -2.41. The van der Waals surface area contributed by atoms with E-state index in [4.69, 9.17) is 10.5 Å². The molecule has 4 rings (SSSR count). The summed E-state index contributed by atoms with van der Waals surface area (Å²) in [5.41, 5.74) is 8.45. The molecule has 2 aliphatic heterocycles. The van der Waals surface area contributed by atoms with Crippen LogP contribution in [0.5, 0.6) is 0 Å². The highest BCUT2D eigenvalue weighted by atomic mass is 32.2. The number of rotatable bonds is 9. The van der Waals surface area contributed by atoms with Crippen LogP contribution < -0.4 is 20.9 Å². The van der Waals surface area contributed by atoms with E-state index in [1.807, 2.05) is 43.9 Å². The van der Waals surface area contributed by atoms with Crippen molar-refractivity contribution in [3.05, 3.63) is 23.8 Å². The summed E-state index contributed by atoms with van der Waals surface area (Å²) in [7, 11) is -3.11. The Morgan fingerprint density at radius 2 is 1.97 bits per heavy atom. The number of nitrogens with one attached hydrogen (secondary N) is 1. The van der Waals surface area contributed by atoms with Gasteiger partial charge in [-0.3, -0.25) is 9.69 Å². The van der Waals surface area contributed by atoms with Crippen LogP contribution in [0.15, 0.2) is 18.2 Å². The zero-order chi connectivity index (χ0) is 26.0. The van der Waals surface area contributed by atoms with Crippen LogP contribution in [0.3, 0.4) is 0 Å². The lowest BCUT2D eigenvalue weighted by atomic mass is 9.96. The summed E-state index contributed by atoms with van der Waals surface area (Å²) >= 11 is 0. The van der Waals surface area contributed by atoms with Gasteiger partial charge in [-0.05, 0) is 57.7 Å². The molecule has 2 heterocycles. The van der Waals surface area contributed by atoms with Gasteiger partial charge in [0.15, 0.2) is 0 Å². The Bertz CT molecular complexity index is 1070. The van der Waals surface area contributed by atoms with Gasteiger partial charge >= 0.3 is 6.09 Å². The minimum absolute atomic E-state index is 0.0413. The van der Waals surface area contributed by atoms with E-state index in [0.29, 0.717) is 51.4 Å². The minimum atomic E-state index is -3.11. The van der Waals surface area contributed by atoms with E-state index in [-0.39, 0.29) is 35.6 Å². The topological polar surface area (TPSA) is 125 Å². The highest BCUT2D eigenvalue weighted by Gasteiger charge is 2.41. The zero-order valence-electron chi connectivity index (χ0n) is 21.5. The van der Waals surface area contributed by atoms with Gasteiger partial charge in [0, 0.05) is 51.1 Å². The maximum Gasteiger partial charge on any atom is 0.414 e. The van der Waals surface area contributed by atoms with Crippen LogP contribution in [0, 0.1) is 5.92 Å². The minimum Gasteiger partial charge on any atom is -0.446 e. The highest BCUT2D eigenvalue weighted by molar-refractivity contribution is 7.89. The molecule has 2 fully saturated rings. The van der Waals surface area contributed by atoms with Crippen molar-refractivity contribution in [2.75, 3.05) is 54.8 Å². The molecule has 200 valence electrons. The Morgan fingerprint density at radius 3 is 2.58 bits per heavy atom. The molecule has 3 aliphatic rings. The number of nitrogens with two attached hydrogens (primary N) is 1. The number of hydrogen-bond acceptors (Lipinski definition) is 7. The summed E-state index contributed by atoms with van der Waals surface area (Å²) in [6.45, 7) is 8.45. The first-order valence-electron chi connectivity index (χ1n) is 13.0. The van der Waals surface area contributed by atoms with E-state index in [1.54, 1.807) is 4.90 Å². The number of sulfonamides is 1. The average molecular weight is 522 g/mol. The third-order valence-corrected chi connectivity index (χ3v) is 9.00. The van der Waals surface area contributed by atoms with E-state index in [9.17, 15) is 18.0 Å². The number of hydrogen-bond donors (Lipinski definition) is 2. The molecule has 1 unspecified atom stereocenters. The van der Waals surface area contributed by atoms with Gasteiger partial charge < -0.3 is 20.7 Å². The third-order valence-electron chi connectivity index (χ3n) is 7.05. The molecule has 1 aliphatic carbocycles. The van der Waals surface area contributed by atoms with E-state index in [2.05, 4.69) is 5.32 Å². The average Bonchev–Trinajstić information content (AvgIpc) is 3.61. The monoisotopic (exact) mass is 521 g/mol. The maximum atomic E-state index is 13.1. The fourth-order valence-electron chi connectivity index (χ4n) is 4.96. The molecule has 0 bridgehead atoms. The van der Waals surface area contributed by atoms with Crippen molar-refractivity contribution >= 4 is 33.4 Å². The second kappa shape index (κ2) is 11.0. The first-order valence-corrected chi connectivity index (χ1v) is 14.6. The lowest BCUT2D eigenvalue weighted by Crippen LogP contribution is -2.52. The highest BCUT2D eigenvalue weighted by Crippen LogP contribution is 2.41. The molecule has 1 aromatic rings. The van der Waals surface area contributed by atoms with Crippen molar-refractivity contribution < 1.29 is 22.7 Å². The van der Waals surface area contributed by atoms with E-state index in [1.165, 1.54) is 4.31 Å². The van der Waals surface area contributed by atoms with Gasteiger partial charge in [0.1, 0.15) is 0 Å². The molecule has 11 heteroatoms. The molecule has 10 nitrogen and oxygen atoms in total. The summed E-state index contributed by atoms with van der Waals surface area (Å²) in [5, 5.41) is 3.34. The summed E-state index contributed by atoms with van der Waals surface area (Å²) in [4.78, 5) is 29.6. The second-order valence-electron chi connectivity index (χ2n) is 10.3. The molecule has 2 atom stereocenters. The molecule has 1 saturated carbocycles. The van der Waals surface area contributed by atoms with Crippen LogP contribution in [-0.2, 0) is 19.6 Å². The number of amides is 2. The number of ether oxygens (including phenoxy) is 1. The van der Waals surface area contributed by atoms with Crippen molar-refractivity contribution in [1.29, 1.82) is 0 Å². The summed E-state index contributed by atoms with van der Waals surface area (Å²) in [6.07, 6.45) is 1.81. The van der Waals surface area contributed by atoms with Gasteiger partial charge in [-0.2, -0.15) is 0 Å². The quantitative estimate of drug-likeness (QED) is 0.475. The number of nitrogens with zero attached hydrogens (tertiary/aromatic N) is 3. The van der Waals surface area contributed by atoms with Gasteiger partial charge in [0.05, 0.1) is 29.3 Å². The molecular formula is C25H39N5O5S. The standard InChI is InChI=1S/C25H39N5O5S/c1-17(2)35-25(32)29-16-18(3)30(24(31)19-5-6-19)22-8-7-20(13-23(22)29)21(14-26)15-27-9-11-28-10-4-12-36(28,33)34/h7-8,13,17-19,21,27H,4-6,9-12,14-16,26H2,1-3H3/t18-,21?/m0/s1. The number of fused-ring (bicyclic) bond motifs is 1. The Hall–Kier alpha value is -2.21. The van der Waals surface area contributed by atoms with Crippen molar-refractivity contribution in [2.45, 2.75) is 58.1 Å². The lowest BCUT2D eigenvalue weighted by molar-refractivity contribution is -0.120. The van der Waals surface area contributed by atoms with Crippen LogP contribution in [0.1, 0.15) is 51.5 Å². The summed E-state index contributed by atoms with van der Waals surface area (Å²) in [6, 6.07) is 5.67. The molecule has 0 aromatic heterocycles. The fraction of sp³-hybridized carbons (Fsp3) is 0.680. The number of carbonyl (C=O) groups is 2. The first-order chi connectivity index (χ1) is 17.1. The molecular weight excluding hydrogens is 482 g/mol. The van der Waals surface area contributed by atoms with Crippen LogP contribution in [0.25, 0.3) is 0 Å². The predicted molar refractivity (Wildman–Crippen MR) is 140 cm³/mol. The van der Waals surface area contributed by atoms with Crippen molar-refractivity contribution in [3.63, 3.8) is 0 Å². The van der Waals surface area contributed by atoms with Gasteiger partial charge in [0.2, 0.25) is 15.9 Å². The fourth-order valence-corrected chi connectivity index (χ4v) is 6.49. The molecule has 1 saturated heterocycles.